The molecule has 1 aromatic rings. The van der Waals surface area contributed by atoms with Gasteiger partial charge in [-0.15, -0.1) is 0 Å². The summed E-state index contributed by atoms with van der Waals surface area (Å²) in [6.45, 7) is 3.31. The van der Waals surface area contributed by atoms with Crippen LogP contribution in [0.5, 0.6) is 0 Å². The van der Waals surface area contributed by atoms with Crippen LogP contribution in [0.25, 0.3) is 0 Å². The Balaban J connectivity index is 1.90. The third-order valence-electron chi connectivity index (χ3n) is 4.04. The number of hydrogen-bond donors (Lipinski definition) is 0. The van der Waals surface area contributed by atoms with Crippen LogP contribution in [-0.2, 0) is 9.53 Å². The maximum atomic E-state index is 13.9. The van der Waals surface area contributed by atoms with Crippen LogP contribution >= 0.6 is 11.6 Å². The molecule has 0 N–H and O–H groups in total. The largest absolute Gasteiger partial charge is 0.465 e. The van der Waals surface area contributed by atoms with Gasteiger partial charge >= 0.3 is 5.97 Å². The molecule has 6 heteroatoms. The van der Waals surface area contributed by atoms with Crippen LogP contribution in [0.1, 0.15) is 43.0 Å². The molecule has 1 heterocycles. The van der Waals surface area contributed by atoms with E-state index in [1.165, 1.54) is 12.1 Å². The standard InChI is InChI=1S/C17H21ClFNO3/c1-2-3-11-23-17(22)12-7-9-20(10-8-12)16(21)13-5-4-6-14(18)15(13)19/h4-6,12H,2-3,7-11H2,1H3. The van der Waals surface area contributed by atoms with Crippen LogP contribution in [0.4, 0.5) is 4.39 Å². The Morgan fingerprint density at radius 1 is 1.35 bits per heavy atom. The molecule has 4 nitrogen and oxygen atoms in total. The highest BCUT2D eigenvalue weighted by Crippen LogP contribution is 2.23. The van der Waals surface area contributed by atoms with Crippen molar-refractivity contribution in [2.24, 2.45) is 5.92 Å². The van der Waals surface area contributed by atoms with Gasteiger partial charge in [-0.1, -0.05) is 31.0 Å². The predicted molar refractivity (Wildman–Crippen MR) is 85.9 cm³/mol. The molecule has 0 radical (unpaired) electrons. The van der Waals surface area contributed by atoms with Gasteiger partial charge in [0.05, 0.1) is 23.1 Å². The second-order valence-corrected chi connectivity index (χ2v) is 6.10. The zero-order valence-corrected chi connectivity index (χ0v) is 13.9. The summed E-state index contributed by atoms with van der Waals surface area (Å²) in [5, 5.41) is -0.0646. The van der Waals surface area contributed by atoms with Gasteiger partial charge in [-0.25, -0.2) is 4.39 Å². The maximum Gasteiger partial charge on any atom is 0.309 e. The smallest absolute Gasteiger partial charge is 0.309 e. The molecule has 0 aromatic heterocycles. The van der Waals surface area contributed by atoms with E-state index in [9.17, 15) is 14.0 Å². The van der Waals surface area contributed by atoms with Crippen molar-refractivity contribution in [2.45, 2.75) is 32.6 Å². The van der Waals surface area contributed by atoms with Crippen molar-refractivity contribution >= 4 is 23.5 Å². The SMILES string of the molecule is CCCCOC(=O)C1CCN(C(=O)c2cccc(Cl)c2F)CC1. The monoisotopic (exact) mass is 341 g/mol. The minimum absolute atomic E-state index is 0.0264. The lowest BCUT2D eigenvalue weighted by molar-refractivity contribution is -0.150. The first-order chi connectivity index (χ1) is 11.0. The summed E-state index contributed by atoms with van der Waals surface area (Å²) in [6, 6.07) is 4.39. The Bertz CT molecular complexity index is 571. The van der Waals surface area contributed by atoms with E-state index >= 15 is 0 Å². The van der Waals surface area contributed by atoms with Gasteiger partial charge in [-0.05, 0) is 31.4 Å². The molecule has 23 heavy (non-hydrogen) atoms. The van der Waals surface area contributed by atoms with Crippen molar-refractivity contribution in [3.63, 3.8) is 0 Å². The minimum atomic E-state index is -0.694. The average molecular weight is 342 g/mol. The molecule has 1 amide bonds. The summed E-state index contributed by atoms with van der Waals surface area (Å²) >= 11 is 5.72. The van der Waals surface area contributed by atoms with Gasteiger partial charge in [0, 0.05) is 13.1 Å². The number of likely N-dealkylation sites (tertiary alicyclic amines) is 1. The van der Waals surface area contributed by atoms with Gasteiger partial charge < -0.3 is 9.64 Å². The number of carbonyl (C=O) groups excluding carboxylic acids is 2. The number of carbonyl (C=O) groups is 2. The van der Waals surface area contributed by atoms with Gasteiger partial charge in [0.25, 0.3) is 5.91 Å². The van der Waals surface area contributed by atoms with Gasteiger partial charge in [-0.3, -0.25) is 9.59 Å². The molecule has 0 saturated carbocycles. The van der Waals surface area contributed by atoms with E-state index < -0.39 is 5.82 Å². The average Bonchev–Trinajstić information content (AvgIpc) is 2.57. The summed E-state index contributed by atoms with van der Waals surface area (Å²) in [5.74, 6) is -1.46. The number of piperidine rings is 1. The molecule has 0 bridgehead atoms. The van der Waals surface area contributed by atoms with E-state index in [0.717, 1.165) is 12.8 Å². The Morgan fingerprint density at radius 2 is 2.04 bits per heavy atom. The number of nitrogens with zero attached hydrogens (tertiary/aromatic N) is 1. The van der Waals surface area contributed by atoms with E-state index in [-0.39, 0.29) is 28.4 Å². The molecule has 0 unspecified atom stereocenters. The molecule has 0 aliphatic carbocycles. The Morgan fingerprint density at radius 3 is 2.70 bits per heavy atom. The zero-order valence-electron chi connectivity index (χ0n) is 13.2. The summed E-state index contributed by atoms with van der Waals surface area (Å²) in [7, 11) is 0. The topological polar surface area (TPSA) is 46.6 Å². The second-order valence-electron chi connectivity index (χ2n) is 5.69. The number of halogens is 2. The third kappa shape index (κ3) is 4.44. The number of hydrogen-bond acceptors (Lipinski definition) is 3. The van der Waals surface area contributed by atoms with Crippen LogP contribution in [0, 0.1) is 11.7 Å². The summed E-state index contributed by atoms with van der Waals surface area (Å²) in [5.41, 5.74) is -0.0264. The van der Waals surface area contributed by atoms with Crippen molar-refractivity contribution in [1.29, 1.82) is 0 Å². The fourth-order valence-electron chi connectivity index (χ4n) is 2.59. The summed E-state index contributed by atoms with van der Waals surface area (Å²) in [6.07, 6.45) is 2.92. The van der Waals surface area contributed by atoms with E-state index in [1.54, 1.807) is 11.0 Å². The highest BCUT2D eigenvalue weighted by Gasteiger charge is 2.29. The highest BCUT2D eigenvalue weighted by molar-refractivity contribution is 6.31. The number of amides is 1. The van der Waals surface area contributed by atoms with E-state index in [4.69, 9.17) is 16.3 Å². The lowest BCUT2D eigenvalue weighted by Gasteiger charge is -2.31. The predicted octanol–water partition coefficient (Wildman–Crippen LogP) is 3.67. The molecule has 1 saturated heterocycles. The molecule has 1 aliphatic heterocycles. The van der Waals surface area contributed by atoms with E-state index in [2.05, 4.69) is 0 Å². The van der Waals surface area contributed by atoms with Crippen molar-refractivity contribution in [3.8, 4) is 0 Å². The molecule has 1 fully saturated rings. The first kappa shape index (κ1) is 17.7. The van der Waals surface area contributed by atoms with Crippen molar-refractivity contribution in [2.75, 3.05) is 19.7 Å². The summed E-state index contributed by atoms with van der Waals surface area (Å²) < 4.78 is 19.1. The van der Waals surface area contributed by atoms with E-state index in [1.807, 2.05) is 6.92 Å². The Kier molecular flexibility index (Phi) is 6.39. The fourth-order valence-corrected chi connectivity index (χ4v) is 2.77. The lowest BCUT2D eigenvalue weighted by atomic mass is 9.96. The van der Waals surface area contributed by atoms with Gasteiger partial charge in [0.1, 0.15) is 0 Å². The Hall–Kier alpha value is -1.62. The van der Waals surface area contributed by atoms with Gasteiger partial charge in [-0.2, -0.15) is 0 Å². The lowest BCUT2D eigenvalue weighted by Crippen LogP contribution is -2.41. The van der Waals surface area contributed by atoms with Crippen LogP contribution in [0.2, 0.25) is 5.02 Å². The van der Waals surface area contributed by atoms with Crippen molar-refractivity contribution in [3.05, 3.63) is 34.6 Å². The van der Waals surface area contributed by atoms with Crippen LogP contribution in [-0.4, -0.2) is 36.5 Å². The molecule has 0 spiro atoms. The first-order valence-corrected chi connectivity index (χ1v) is 8.32. The second kappa shape index (κ2) is 8.29. The van der Waals surface area contributed by atoms with Gasteiger partial charge in [0.15, 0.2) is 5.82 Å². The molecule has 2 rings (SSSR count). The van der Waals surface area contributed by atoms with E-state index in [0.29, 0.717) is 32.5 Å². The fraction of sp³-hybridized carbons (Fsp3) is 0.529. The first-order valence-electron chi connectivity index (χ1n) is 7.94. The normalized spacial score (nSPS) is 15.5. The zero-order chi connectivity index (χ0) is 16.8. The molecule has 1 aliphatic rings. The minimum Gasteiger partial charge on any atom is -0.465 e. The Labute approximate surface area is 140 Å². The summed E-state index contributed by atoms with van der Waals surface area (Å²) in [4.78, 5) is 25.8. The van der Waals surface area contributed by atoms with Crippen LogP contribution < -0.4 is 0 Å². The number of ether oxygens (including phenoxy) is 1. The molecule has 0 atom stereocenters. The number of unbranched alkanes of at least 4 members (excludes halogenated alkanes) is 1. The molecule has 1 aromatic carbocycles. The maximum absolute atomic E-state index is 13.9. The quantitative estimate of drug-likeness (QED) is 0.606. The third-order valence-corrected chi connectivity index (χ3v) is 4.33. The van der Waals surface area contributed by atoms with Crippen LogP contribution in [0.15, 0.2) is 18.2 Å². The number of esters is 1. The van der Waals surface area contributed by atoms with Crippen LogP contribution in [0.3, 0.4) is 0 Å². The van der Waals surface area contributed by atoms with Gasteiger partial charge in [0.2, 0.25) is 0 Å². The molecular weight excluding hydrogens is 321 g/mol. The van der Waals surface area contributed by atoms with Crippen molar-refractivity contribution < 1.29 is 18.7 Å². The van der Waals surface area contributed by atoms with Crippen molar-refractivity contribution in [1.82, 2.24) is 4.90 Å². The molecule has 126 valence electrons. The number of rotatable bonds is 5. The highest BCUT2D eigenvalue weighted by atomic mass is 35.5. The molecular formula is C17H21ClFNO3. The number of benzene rings is 1.